The number of fused-ring (bicyclic) bond motifs is 1. The van der Waals surface area contributed by atoms with Gasteiger partial charge in [0.05, 0.1) is 27.7 Å². The molecule has 2 heterocycles. The number of hydrogen-bond acceptors (Lipinski definition) is 4. The zero-order valence-corrected chi connectivity index (χ0v) is 19.9. The van der Waals surface area contributed by atoms with Crippen molar-refractivity contribution in [1.29, 1.82) is 0 Å². The number of thiazole rings is 1. The summed E-state index contributed by atoms with van der Waals surface area (Å²) in [7, 11) is 0. The van der Waals surface area contributed by atoms with Crippen molar-refractivity contribution in [2.45, 2.75) is 39.2 Å². The van der Waals surface area contributed by atoms with E-state index in [1.165, 1.54) is 0 Å². The van der Waals surface area contributed by atoms with Crippen molar-refractivity contribution in [3.63, 3.8) is 0 Å². The maximum atomic E-state index is 13.5. The summed E-state index contributed by atoms with van der Waals surface area (Å²) in [5.74, 6) is -0.995. The van der Waals surface area contributed by atoms with E-state index in [1.807, 2.05) is 26.0 Å². The second-order valence-electron chi connectivity index (χ2n) is 8.33. The highest BCUT2D eigenvalue weighted by Gasteiger charge is 2.38. The molecule has 2 aromatic carbocycles. The minimum absolute atomic E-state index is 0.00396. The van der Waals surface area contributed by atoms with Gasteiger partial charge >= 0.3 is 12.4 Å². The van der Waals surface area contributed by atoms with Crippen LogP contribution in [-0.2, 0) is 18.9 Å². The Morgan fingerprint density at radius 3 is 2.25 bits per heavy atom. The minimum atomic E-state index is -5.06. The number of imidazole rings is 1. The fraction of sp³-hybridized carbons (Fsp3) is 0.292. The molecule has 0 radical (unpaired) electrons. The van der Waals surface area contributed by atoms with Crippen molar-refractivity contribution >= 4 is 32.6 Å². The summed E-state index contributed by atoms with van der Waals surface area (Å²) < 4.78 is 82.9. The molecule has 36 heavy (non-hydrogen) atoms. The summed E-state index contributed by atoms with van der Waals surface area (Å²) in [4.78, 5) is 23.0. The Morgan fingerprint density at radius 1 is 1.00 bits per heavy atom. The smallest absolute Gasteiger partial charge is 0.337 e. The number of aromatic nitrogens is 3. The highest BCUT2D eigenvalue weighted by molar-refractivity contribution is 7.22. The standard InChI is InChI=1S/C24H20F6N4OS/c1-14-8-15(2)20-19(9-14)32-22(36-20)34(6-3-5-33-7-4-31-13-33)21(35)16-10-17(23(25,26)27)12-18(11-16)24(28,29)30/h4,7-13H,3,5-6H2,1-2H3. The van der Waals surface area contributed by atoms with E-state index in [2.05, 4.69) is 9.97 Å². The molecule has 190 valence electrons. The third-order valence-electron chi connectivity index (χ3n) is 5.48. The van der Waals surface area contributed by atoms with Crippen LogP contribution in [0.4, 0.5) is 31.5 Å². The quantitative estimate of drug-likeness (QED) is 0.257. The Balaban J connectivity index is 1.77. The molecule has 0 spiro atoms. The van der Waals surface area contributed by atoms with Gasteiger partial charge in [0.25, 0.3) is 5.91 Å². The van der Waals surface area contributed by atoms with Gasteiger partial charge in [-0.2, -0.15) is 26.3 Å². The number of amides is 1. The monoisotopic (exact) mass is 526 g/mol. The van der Waals surface area contributed by atoms with Crippen LogP contribution in [0.25, 0.3) is 10.2 Å². The van der Waals surface area contributed by atoms with Gasteiger partial charge in [-0.1, -0.05) is 17.4 Å². The lowest BCUT2D eigenvalue weighted by atomic mass is 10.0. The van der Waals surface area contributed by atoms with Crippen LogP contribution >= 0.6 is 11.3 Å². The van der Waals surface area contributed by atoms with Crippen LogP contribution in [0, 0.1) is 13.8 Å². The van der Waals surface area contributed by atoms with E-state index in [0.29, 0.717) is 30.6 Å². The Bertz CT molecular complexity index is 1360. The van der Waals surface area contributed by atoms with Gasteiger partial charge in [0, 0.05) is 31.0 Å². The lowest BCUT2D eigenvalue weighted by Crippen LogP contribution is -2.33. The third kappa shape index (κ3) is 5.53. The van der Waals surface area contributed by atoms with Crippen LogP contribution in [0.1, 0.15) is 39.0 Å². The highest BCUT2D eigenvalue weighted by Crippen LogP contribution is 2.38. The van der Waals surface area contributed by atoms with Crippen LogP contribution in [0.15, 0.2) is 49.1 Å². The van der Waals surface area contributed by atoms with Crippen molar-refractivity contribution in [1.82, 2.24) is 14.5 Å². The van der Waals surface area contributed by atoms with Gasteiger partial charge in [-0.05, 0) is 55.7 Å². The molecule has 0 N–H and O–H groups in total. The Morgan fingerprint density at radius 2 is 1.67 bits per heavy atom. The van der Waals surface area contributed by atoms with Crippen LogP contribution in [-0.4, -0.2) is 27.0 Å². The van der Waals surface area contributed by atoms with Crippen molar-refractivity contribution in [3.05, 3.63) is 76.9 Å². The van der Waals surface area contributed by atoms with Crippen LogP contribution in [0.5, 0.6) is 0 Å². The summed E-state index contributed by atoms with van der Waals surface area (Å²) >= 11 is 1.16. The third-order valence-corrected chi connectivity index (χ3v) is 6.71. The van der Waals surface area contributed by atoms with Crippen molar-refractivity contribution in [2.24, 2.45) is 0 Å². The molecule has 0 saturated carbocycles. The van der Waals surface area contributed by atoms with Gasteiger partial charge in [0.2, 0.25) is 0 Å². The van der Waals surface area contributed by atoms with Crippen LogP contribution < -0.4 is 4.90 Å². The SMILES string of the molecule is Cc1cc(C)c2sc(N(CCCn3ccnc3)C(=O)c3cc(C(F)(F)F)cc(C(F)(F)F)c3)nc2c1. The zero-order chi connectivity index (χ0) is 26.3. The molecular formula is C24H20F6N4OS. The summed E-state index contributed by atoms with van der Waals surface area (Å²) in [6.45, 7) is 4.20. The van der Waals surface area contributed by atoms with Crippen molar-refractivity contribution < 1.29 is 31.1 Å². The number of benzene rings is 2. The molecule has 0 aliphatic carbocycles. The molecule has 0 saturated heterocycles. The van der Waals surface area contributed by atoms with E-state index in [9.17, 15) is 31.1 Å². The number of rotatable bonds is 6. The molecule has 12 heteroatoms. The predicted octanol–water partition coefficient (Wildman–Crippen LogP) is 6.88. The fourth-order valence-corrected chi connectivity index (χ4v) is 4.87. The van der Waals surface area contributed by atoms with Crippen molar-refractivity contribution in [2.75, 3.05) is 11.4 Å². The molecule has 0 atom stereocenters. The second-order valence-corrected chi connectivity index (χ2v) is 9.31. The van der Waals surface area contributed by atoms with Gasteiger partial charge < -0.3 is 4.57 Å². The minimum Gasteiger partial charge on any atom is -0.337 e. The lowest BCUT2D eigenvalue weighted by Gasteiger charge is -2.21. The number of halogens is 6. The van der Waals surface area contributed by atoms with Gasteiger partial charge in [-0.3, -0.25) is 9.69 Å². The first-order chi connectivity index (χ1) is 16.8. The van der Waals surface area contributed by atoms with Crippen LogP contribution in [0.2, 0.25) is 0 Å². The fourth-order valence-electron chi connectivity index (χ4n) is 3.83. The molecular weight excluding hydrogens is 506 g/mol. The molecule has 2 aromatic heterocycles. The maximum Gasteiger partial charge on any atom is 0.416 e. The van der Waals surface area contributed by atoms with Gasteiger partial charge in [0.1, 0.15) is 0 Å². The average molecular weight is 527 g/mol. The topological polar surface area (TPSA) is 51.0 Å². The van der Waals surface area contributed by atoms with E-state index < -0.39 is 35.0 Å². The van der Waals surface area contributed by atoms with Gasteiger partial charge in [-0.25, -0.2) is 9.97 Å². The molecule has 0 bridgehead atoms. The van der Waals surface area contributed by atoms with E-state index in [4.69, 9.17) is 0 Å². The average Bonchev–Trinajstić information content (AvgIpc) is 3.45. The van der Waals surface area contributed by atoms with E-state index in [1.54, 1.807) is 23.3 Å². The first-order valence-corrected chi connectivity index (χ1v) is 11.6. The first-order valence-electron chi connectivity index (χ1n) is 10.8. The number of aryl methyl sites for hydroxylation is 3. The van der Waals surface area contributed by atoms with Crippen molar-refractivity contribution in [3.8, 4) is 0 Å². The number of anilines is 1. The maximum absolute atomic E-state index is 13.5. The number of hydrogen-bond donors (Lipinski definition) is 0. The number of nitrogens with zero attached hydrogens (tertiary/aromatic N) is 4. The number of carbonyl (C=O) groups excluding carboxylic acids is 1. The summed E-state index contributed by atoms with van der Waals surface area (Å²) in [5, 5.41) is 0.195. The Hall–Kier alpha value is -3.41. The molecule has 4 aromatic rings. The molecule has 5 nitrogen and oxygen atoms in total. The van der Waals surface area contributed by atoms with E-state index in [0.717, 1.165) is 32.1 Å². The molecule has 0 unspecified atom stereocenters. The second kappa shape index (κ2) is 9.57. The highest BCUT2D eigenvalue weighted by atomic mass is 32.1. The molecule has 1 amide bonds. The molecule has 0 aliphatic heterocycles. The Labute approximate surface area is 206 Å². The number of carbonyl (C=O) groups is 1. The van der Waals surface area contributed by atoms with Gasteiger partial charge in [-0.15, -0.1) is 0 Å². The molecule has 4 rings (SSSR count). The first kappa shape index (κ1) is 25.7. The number of alkyl halides is 6. The normalized spacial score (nSPS) is 12.3. The van der Waals surface area contributed by atoms with E-state index >= 15 is 0 Å². The predicted molar refractivity (Wildman–Crippen MR) is 124 cm³/mol. The molecule has 0 aliphatic rings. The summed E-state index contributed by atoms with van der Waals surface area (Å²) in [5.41, 5.74) is -1.38. The lowest BCUT2D eigenvalue weighted by molar-refractivity contribution is -0.143. The molecule has 0 fully saturated rings. The summed E-state index contributed by atoms with van der Waals surface area (Å²) in [6.07, 6.45) is -4.92. The Kier molecular flexibility index (Phi) is 6.82. The van der Waals surface area contributed by atoms with E-state index in [-0.39, 0.29) is 17.7 Å². The van der Waals surface area contributed by atoms with Crippen LogP contribution in [0.3, 0.4) is 0 Å². The largest absolute Gasteiger partial charge is 0.416 e. The summed E-state index contributed by atoms with van der Waals surface area (Å²) in [6, 6.07) is 4.64. The van der Waals surface area contributed by atoms with Gasteiger partial charge in [0.15, 0.2) is 5.13 Å². The zero-order valence-electron chi connectivity index (χ0n) is 19.1.